The normalized spacial score (nSPS) is 28.1. The molecule has 0 aromatic carbocycles. The van der Waals surface area contributed by atoms with Crippen LogP contribution in [0.5, 0.6) is 0 Å². The SMILES string of the molecule is Cl.NCCC1COCC1(F)F. The summed E-state index contributed by atoms with van der Waals surface area (Å²) in [6.07, 6.45) is 0.354. The van der Waals surface area contributed by atoms with Crippen LogP contribution in [0.25, 0.3) is 0 Å². The Labute approximate surface area is 70.5 Å². The molecule has 1 rings (SSSR count). The molecule has 0 amide bonds. The molecule has 1 aliphatic heterocycles. The van der Waals surface area contributed by atoms with E-state index in [9.17, 15) is 8.78 Å². The smallest absolute Gasteiger partial charge is 0.275 e. The molecule has 68 valence electrons. The van der Waals surface area contributed by atoms with Gasteiger partial charge in [0.1, 0.15) is 6.61 Å². The van der Waals surface area contributed by atoms with Gasteiger partial charge in [0, 0.05) is 5.92 Å². The summed E-state index contributed by atoms with van der Waals surface area (Å²) in [6.45, 7) is 0.0332. The Morgan fingerprint density at radius 1 is 1.55 bits per heavy atom. The minimum atomic E-state index is -2.64. The predicted octanol–water partition coefficient (Wildman–Crippen LogP) is 1.04. The second-order valence-corrected chi connectivity index (χ2v) is 2.55. The summed E-state index contributed by atoms with van der Waals surface area (Å²) in [7, 11) is 0. The molecule has 1 atom stereocenters. The van der Waals surface area contributed by atoms with E-state index < -0.39 is 18.4 Å². The quantitative estimate of drug-likeness (QED) is 0.701. The minimum Gasteiger partial charge on any atom is -0.375 e. The van der Waals surface area contributed by atoms with E-state index in [1.165, 1.54) is 0 Å². The molecule has 0 bridgehead atoms. The number of ether oxygens (including phenoxy) is 1. The summed E-state index contributed by atoms with van der Waals surface area (Å²) in [5, 5.41) is 0. The molecule has 1 unspecified atom stereocenters. The van der Waals surface area contributed by atoms with Crippen molar-refractivity contribution in [2.75, 3.05) is 19.8 Å². The van der Waals surface area contributed by atoms with E-state index in [1.807, 2.05) is 0 Å². The van der Waals surface area contributed by atoms with Crippen molar-refractivity contribution in [1.29, 1.82) is 0 Å². The van der Waals surface area contributed by atoms with Crippen molar-refractivity contribution < 1.29 is 13.5 Å². The average Bonchev–Trinajstić information content (AvgIpc) is 2.13. The van der Waals surface area contributed by atoms with Crippen LogP contribution in [0.1, 0.15) is 6.42 Å². The molecule has 0 radical (unpaired) electrons. The maximum atomic E-state index is 12.6. The van der Waals surface area contributed by atoms with Crippen LogP contribution < -0.4 is 5.73 Å². The van der Waals surface area contributed by atoms with Gasteiger partial charge in [-0.15, -0.1) is 12.4 Å². The molecule has 2 nitrogen and oxygen atoms in total. The highest BCUT2D eigenvalue weighted by Crippen LogP contribution is 2.32. The fraction of sp³-hybridized carbons (Fsp3) is 1.00. The molecule has 5 heteroatoms. The first kappa shape index (κ1) is 11.1. The van der Waals surface area contributed by atoms with E-state index in [0.717, 1.165) is 0 Å². The summed E-state index contributed by atoms with van der Waals surface area (Å²) >= 11 is 0. The van der Waals surface area contributed by atoms with Gasteiger partial charge in [-0.1, -0.05) is 0 Å². The second-order valence-electron chi connectivity index (χ2n) is 2.55. The van der Waals surface area contributed by atoms with Crippen molar-refractivity contribution >= 4 is 12.4 Å². The van der Waals surface area contributed by atoms with Crippen LogP contribution in [0.2, 0.25) is 0 Å². The zero-order chi connectivity index (χ0) is 7.61. The Bertz CT molecular complexity index is 123. The van der Waals surface area contributed by atoms with Gasteiger partial charge >= 0.3 is 0 Å². The van der Waals surface area contributed by atoms with E-state index >= 15 is 0 Å². The summed E-state index contributed by atoms with van der Waals surface area (Å²) in [6, 6.07) is 0. The fourth-order valence-corrected chi connectivity index (χ4v) is 1.07. The first-order valence-electron chi connectivity index (χ1n) is 3.32. The molecule has 1 heterocycles. The maximum absolute atomic E-state index is 12.6. The number of rotatable bonds is 2. The number of hydrogen-bond acceptors (Lipinski definition) is 2. The lowest BCUT2D eigenvalue weighted by atomic mass is 10.0. The molecule has 2 N–H and O–H groups in total. The highest BCUT2D eigenvalue weighted by molar-refractivity contribution is 5.85. The van der Waals surface area contributed by atoms with Crippen LogP contribution in [0, 0.1) is 5.92 Å². The Hall–Kier alpha value is 0.0700. The van der Waals surface area contributed by atoms with Gasteiger partial charge in [0.2, 0.25) is 0 Å². The van der Waals surface area contributed by atoms with E-state index in [2.05, 4.69) is 4.74 Å². The minimum absolute atomic E-state index is 0. The summed E-state index contributed by atoms with van der Waals surface area (Å²) < 4.78 is 29.8. The Kier molecular flexibility index (Phi) is 4.21. The molecule has 0 aromatic heterocycles. The van der Waals surface area contributed by atoms with Gasteiger partial charge < -0.3 is 10.5 Å². The summed E-state index contributed by atoms with van der Waals surface area (Å²) in [4.78, 5) is 0. The van der Waals surface area contributed by atoms with E-state index in [0.29, 0.717) is 13.0 Å². The lowest BCUT2D eigenvalue weighted by Crippen LogP contribution is -2.28. The monoisotopic (exact) mass is 187 g/mol. The number of nitrogens with two attached hydrogens (primary N) is 1. The molecule has 1 aliphatic rings. The van der Waals surface area contributed by atoms with Crippen LogP contribution in [-0.2, 0) is 4.74 Å². The highest BCUT2D eigenvalue weighted by Gasteiger charge is 2.44. The van der Waals surface area contributed by atoms with Crippen LogP contribution in [0.4, 0.5) is 8.78 Å². The van der Waals surface area contributed by atoms with Crippen molar-refractivity contribution in [3.63, 3.8) is 0 Å². The Morgan fingerprint density at radius 3 is 2.55 bits per heavy atom. The zero-order valence-electron chi connectivity index (χ0n) is 6.06. The number of hydrogen-bond donors (Lipinski definition) is 1. The molecule has 11 heavy (non-hydrogen) atoms. The highest BCUT2D eigenvalue weighted by atomic mass is 35.5. The molecule has 0 spiro atoms. The number of alkyl halides is 2. The zero-order valence-corrected chi connectivity index (χ0v) is 6.87. The average molecular weight is 188 g/mol. The van der Waals surface area contributed by atoms with Crippen LogP contribution >= 0.6 is 12.4 Å². The first-order chi connectivity index (χ1) is 4.67. The largest absolute Gasteiger partial charge is 0.375 e. The number of halogens is 3. The lowest BCUT2D eigenvalue weighted by molar-refractivity contribution is -0.0379. The van der Waals surface area contributed by atoms with Gasteiger partial charge in [-0.25, -0.2) is 8.78 Å². The third kappa shape index (κ3) is 2.54. The van der Waals surface area contributed by atoms with E-state index in [4.69, 9.17) is 5.73 Å². The van der Waals surface area contributed by atoms with Gasteiger partial charge in [0.05, 0.1) is 6.61 Å². The Balaban J connectivity index is 0.000001000. The molecular formula is C6H12ClF2NO. The van der Waals surface area contributed by atoms with Gasteiger partial charge in [-0.3, -0.25) is 0 Å². The molecule has 1 saturated heterocycles. The molecule has 0 aliphatic carbocycles. The summed E-state index contributed by atoms with van der Waals surface area (Å²) in [5.41, 5.74) is 5.14. The van der Waals surface area contributed by atoms with E-state index in [1.54, 1.807) is 0 Å². The predicted molar refractivity (Wildman–Crippen MR) is 40.2 cm³/mol. The molecule has 0 aromatic rings. The standard InChI is InChI=1S/C6H11F2NO.ClH/c7-6(8)4-10-3-5(6)1-2-9;/h5H,1-4,9H2;1H. The topological polar surface area (TPSA) is 35.2 Å². The molecule has 0 saturated carbocycles. The van der Waals surface area contributed by atoms with Crippen molar-refractivity contribution in [3.8, 4) is 0 Å². The third-order valence-electron chi connectivity index (χ3n) is 1.73. The maximum Gasteiger partial charge on any atom is 0.275 e. The fourth-order valence-electron chi connectivity index (χ4n) is 1.07. The second kappa shape index (κ2) is 4.18. The van der Waals surface area contributed by atoms with Crippen molar-refractivity contribution in [3.05, 3.63) is 0 Å². The summed E-state index contributed by atoms with van der Waals surface area (Å²) in [5.74, 6) is -3.29. The molecular weight excluding hydrogens is 176 g/mol. The van der Waals surface area contributed by atoms with Gasteiger partial charge in [0.15, 0.2) is 0 Å². The van der Waals surface area contributed by atoms with Crippen molar-refractivity contribution in [1.82, 2.24) is 0 Å². The van der Waals surface area contributed by atoms with Crippen LogP contribution in [0.15, 0.2) is 0 Å². The third-order valence-corrected chi connectivity index (χ3v) is 1.73. The van der Waals surface area contributed by atoms with Gasteiger partial charge in [-0.2, -0.15) is 0 Å². The van der Waals surface area contributed by atoms with E-state index in [-0.39, 0.29) is 19.0 Å². The van der Waals surface area contributed by atoms with Crippen molar-refractivity contribution in [2.24, 2.45) is 11.7 Å². The van der Waals surface area contributed by atoms with Crippen LogP contribution in [0.3, 0.4) is 0 Å². The molecule has 1 fully saturated rings. The van der Waals surface area contributed by atoms with Crippen molar-refractivity contribution in [2.45, 2.75) is 12.3 Å². The lowest BCUT2D eigenvalue weighted by Gasteiger charge is -2.14. The van der Waals surface area contributed by atoms with Crippen LogP contribution in [-0.4, -0.2) is 25.7 Å². The van der Waals surface area contributed by atoms with Gasteiger partial charge in [-0.05, 0) is 13.0 Å². The Morgan fingerprint density at radius 2 is 2.18 bits per heavy atom. The first-order valence-corrected chi connectivity index (χ1v) is 3.32. The van der Waals surface area contributed by atoms with Gasteiger partial charge in [0.25, 0.3) is 5.92 Å².